The molecule has 0 rings (SSSR count). The summed E-state index contributed by atoms with van der Waals surface area (Å²) in [4.78, 5) is 11.1. The van der Waals surface area contributed by atoms with Crippen LogP contribution in [-0.4, -0.2) is 43.3 Å². The van der Waals surface area contributed by atoms with E-state index in [9.17, 15) is 4.79 Å². The van der Waals surface area contributed by atoms with Crippen LogP contribution in [0.15, 0.2) is 0 Å². The first-order valence-corrected chi connectivity index (χ1v) is 6.54. The van der Waals surface area contributed by atoms with Crippen LogP contribution in [-0.2, 0) is 14.3 Å². The Kier molecular flexibility index (Phi) is 10.7. The van der Waals surface area contributed by atoms with Crippen LogP contribution in [0.2, 0.25) is 0 Å². The fraction of sp³-hybridized carbons (Fsp3) is 0.900. The monoisotopic (exact) mass is 330 g/mol. The summed E-state index contributed by atoms with van der Waals surface area (Å²) in [5.74, 6) is -0.116. The number of carbonyl (C=O) groups is 1. The lowest BCUT2D eigenvalue weighted by Crippen LogP contribution is -2.84. The van der Waals surface area contributed by atoms with Crippen LogP contribution in [0.5, 0.6) is 0 Å². The number of hydrogen-bond donors (Lipinski definition) is 1. The second-order valence-corrected chi connectivity index (χ2v) is 5.22. The first kappa shape index (κ1) is 15.1. The Labute approximate surface area is 105 Å². The second kappa shape index (κ2) is 10.6. The zero-order valence-corrected chi connectivity index (χ0v) is 11.7. The highest BCUT2D eigenvalue weighted by Crippen LogP contribution is 2.00. The maximum absolute atomic E-state index is 11.1. The highest BCUT2D eigenvalue weighted by molar-refractivity contribution is 14.1. The van der Waals surface area contributed by atoms with Gasteiger partial charge >= 0.3 is 5.97 Å². The van der Waals surface area contributed by atoms with E-state index in [1.165, 1.54) is 0 Å². The summed E-state index contributed by atoms with van der Waals surface area (Å²) in [6.07, 6.45) is 1.99. The maximum atomic E-state index is 11.1. The van der Waals surface area contributed by atoms with Crippen LogP contribution in [0.25, 0.3) is 0 Å². The molecular weight excluding hydrogens is 309 g/mol. The summed E-state index contributed by atoms with van der Waals surface area (Å²) in [7, 11) is 1.71. The highest BCUT2D eigenvalue weighted by atomic mass is 127. The first-order chi connectivity index (χ1) is 7.18. The van der Waals surface area contributed by atoms with Crippen molar-refractivity contribution in [3.8, 4) is 0 Å². The molecule has 0 spiro atoms. The zero-order chi connectivity index (χ0) is 11.5. The molecule has 2 N–H and O–H groups in total. The van der Waals surface area contributed by atoms with Crippen LogP contribution < -0.4 is 5.32 Å². The van der Waals surface area contributed by atoms with Gasteiger partial charge in [-0.2, -0.15) is 0 Å². The lowest BCUT2D eigenvalue weighted by molar-refractivity contribution is -0.655. The average Bonchev–Trinajstić information content (AvgIpc) is 2.21. The molecule has 15 heavy (non-hydrogen) atoms. The van der Waals surface area contributed by atoms with Gasteiger partial charge in [-0.15, -0.1) is 0 Å². The van der Waals surface area contributed by atoms with Crippen molar-refractivity contribution in [3.63, 3.8) is 0 Å². The van der Waals surface area contributed by atoms with Crippen molar-refractivity contribution >= 4 is 28.6 Å². The van der Waals surface area contributed by atoms with Gasteiger partial charge in [0.2, 0.25) is 0 Å². The maximum Gasteiger partial charge on any atom is 0.318 e. The van der Waals surface area contributed by atoms with Gasteiger partial charge in [-0.25, -0.2) is 0 Å². The molecule has 0 aromatic heterocycles. The Balaban J connectivity index is 3.08. The molecule has 0 aromatic rings. The molecule has 0 bridgehead atoms. The molecule has 0 aliphatic rings. The summed E-state index contributed by atoms with van der Waals surface area (Å²) in [6, 6.07) is 0. The molecular formula is C10H21INO3+. The fourth-order valence-corrected chi connectivity index (χ4v) is 1.21. The predicted molar refractivity (Wildman–Crippen MR) is 67.2 cm³/mol. The molecule has 0 aliphatic heterocycles. The third kappa shape index (κ3) is 10.4. The Bertz CT molecular complexity index is 165. The van der Waals surface area contributed by atoms with Crippen LogP contribution in [0.1, 0.15) is 19.8 Å². The topological polar surface area (TPSA) is 52.1 Å². The normalized spacial score (nSPS) is 12.5. The molecule has 1 unspecified atom stereocenters. The molecule has 0 heterocycles. The summed E-state index contributed by atoms with van der Waals surface area (Å²) < 4.78 is 9.93. The fourth-order valence-electron chi connectivity index (χ4n) is 1.03. The molecule has 0 radical (unpaired) electrons. The number of quaternary nitrogens is 1. The molecule has 0 amide bonds. The van der Waals surface area contributed by atoms with Gasteiger partial charge in [0.05, 0.1) is 26.3 Å². The number of methoxy groups -OCH3 is 1. The minimum absolute atomic E-state index is 0.0479. The van der Waals surface area contributed by atoms with Crippen molar-refractivity contribution in [1.29, 1.82) is 0 Å². The number of esters is 1. The van der Waals surface area contributed by atoms with Gasteiger partial charge in [-0.1, -0.05) is 22.6 Å². The molecule has 0 saturated heterocycles. The molecule has 0 fully saturated rings. The molecule has 1 atom stereocenters. The van der Waals surface area contributed by atoms with Gasteiger partial charge in [-0.05, 0) is 6.92 Å². The van der Waals surface area contributed by atoms with Crippen LogP contribution in [0.4, 0.5) is 0 Å². The van der Waals surface area contributed by atoms with E-state index in [-0.39, 0.29) is 9.89 Å². The largest absolute Gasteiger partial charge is 0.465 e. The van der Waals surface area contributed by atoms with E-state index >= 15 is 0 Å². The number of ether oxygens (including phenoxy) is 2. The number of halogens is 1. The van der Waals surface area contributed by atoms with E-state index in [4.69, 9.17) is 9.47 Å². The van der Waals surface area contributed by atoms with E-state index < -0.39 is 0 Å². The Morgan fingerprint density at radius 1 is 1.33 bits per heavy atom. The average molecular weight is 330 g/mol. The quantitative estimate of drug-likeness (QED) is 0.287. The smallest absolute Gasteiger partial charge is 0.318 e. The van der Waals surface area contributed by atoms with Crippen molar-refractivity contribution in [2.24, 2.45) is 0 Å². The minimum atomic E-state index is -0.116. The van der Waals surface area contributed by atoms with Gasteiger partial charge in [0.15, 0.2) is 0 Å². The van der Waals surface area contributed by atoms with Gasteiger partial charge in [0, 0.05) is 20.0 Å². The molecule has 5 heteroatoms. The highest BCUT2D eigenvalue weighted by Gasteiger charge is 2.08. The lowest BCUT2D eigenvalue weighted by Gasteiger charge is -2.05. The SMILES string of the molecule is COCCC[NH2+]CCCOC(=O)C(C)I. The van der Waals surface area contributed by atoms with E-state index in [2.05, 4.69) is 27.9 Å². The summed E-state index contributed by atoms with van der Waals surface area (Å²) in [5.41, 5.74) is 0. The molecule has 0 aromatic carbocycles. The number of hydrogen-bond acceptors (Lipinski definition) is 3. The molecule has 0 aliphatic carbocycles. The van der Waals surface area contributed by atoms with Crippen molar-refractivity contribution in [3.05, 3.63) is 0 Å². The van der Waals surface area contributed by atoms with Crippen molar-refractivity contribution in [2.75, 3.05) is 33.4 Å². The third-order valence-corrected chi connectivity index (χ3v) is 2.39. The molecule has 4 nitrogen and oxygen atoms in total. The van der Waals surface area contributed by atoms with Gasteiger partial charge in [-0.3, -0.25) is 4.79 Å². The Hall–Kier alpha value is 0.120. The van der Waals surface area contributed by atoms with E-state index in [1.54, 1.807) is 7.11 Å². The Morgan fingerprint density at radius 2 is 1.93 bits per heavy atom. The third-order valence-electron chi connectivity index (χ3n) is 1.88. The van der Waals surface area contributed by atoms with Crippen molar-refractivity contribution in [1.82, 2.24) is 0 Å². The van der Waals surface area contributed by atoms with Crippen LogP contribution in [0, 0.1) is 0 Å². The molecule has 0 saturated carbocycles. The number of alkyl halides is 1. The predicted octanol–water partition coefficient (Wildman–Crippen LogP) is 0.343. The number of nitrogens with two attached hydrogens (primary N) is 1. The number of carbonyl (C=O) groups excluding carboxylic acids is 1. The first-order valence-electron chi connectivity index (χ1n) is 5.29. The summed E-state index contributed by atoms with van der Waals surface area (Å²) in [6.45, 7) is 5.27. The van der Waals surface area contributed by atoms with Gasteiger partial charge < -0.3 is 14.8 Å². The van der Waals surface area contributed by atoms with E-state index in [0.717, 1.165) is 32.5 Å². The van der Waals surface area contributed by atoms with Gasteiger partial charge in [0.1, 0.15) is 3.92 Å². The minimum Gasteiger partial charge on any atom is -0.465 e. The Morgan fingerprint density at radius 3 is 2.47 bits per heavy atom. The van der Waals surface area contributed by atoms with E-state index in [0.29, 0.717) is 6.61 Å². The number of rotatable bonds is 9. The second-order valence-electron chi connectivity index (χ2n) is 3.35. The van der Waals surface area contributed by atoms with E-state index in [1.807, 2.05) is 6.92 Å². The van der Waals surface area contributed by atoms with Crippen LogP contribution >= 0.6 is 22.6 Å². The van der Waals surface area contributed by atoms with Crippen LogP contribution in [0.3, 0.4) is 0 Å². The summed E-state index contributed by atoms with van der Waals surface area (Å²) in [5, 5.41) is 2.22. The van der Waals surface area contributed by atoms with Crippen molar-refractivity contribution < 1.29 is 19.6 Å². The zero-order valence-electron chi connectivity index (χ0n) is 9.50. The standard InChI is InChI=1S/C10H20INO3/c1-9(11)10(13)15-8-4-6-12-5-3-7-14-2/h9,12H,3-8H2,1-2H3/p+1. The lowest BCUT2D eigenvalue weighted by atomic mass is 10.4. The van der Waals surface area contributed by atoms with Crippen molar-refractivity contribution in [2.45, 2.75) is 23.7 Å². The summed E-state index contributed by atoms with van der Waals surface area (Å²) >= 11 is 2.06. The molecule has 90 valence electrons. The van der Waals surface area contributed by atoms with Gasteiger partial charge in [0.25, 0.3) is 0 Å².